The Labute approximate surface area is 140 Å². The first-order valence-electron chi connectivity index (χ1n) is 8.19. The molecule has 0 radical (unpaired) electrons. The van der Waals surface area contributed by atoms with Gasteiger partial charge in [-0.25, -0.2) is 0 Å². The van der Waals surface area contributed by atoms with E-state index in [0.717, 1.165) is 0 Å². The van der Waals surface area contributed by atoms with Crippen molar-refractivity contribution in [2.45, 2.75) is 65.8 Å². The normalized spacial score (nSPS) is 14.2. The minimum absolute atomic E-state index is 1.26. The van der Waals surface area contributed by atoms with Crippen LogP contribution in [0.25, 0.3) is 0 Å². The molecule has 2 nitrogen and oxygen atoms in total. The Morgan fingerprint density at radius 3 is 1.50 bits per heavy atom. The Morgan fingerprint density at radius 1 is 0.773 bits per heavy atom. The van der Waals surface area contributed by atoms with Crippen molar-refractivity contribution in [2.24, 2.45) is 4.66 Å². The number of rotatable bonds is 4. The highest BCUT2D eigenvalue weighted by molar-refractivity contribution is 6.93. The maximum absolute atomic E-state index is 5.29. The molecule has 0 unspecified atom stereocenters. The summed E-state index contributed by atoms with van der Waals surface area (Å²) in [5.41, 5.74) is 2.60. The third-order valence-corrected chi connectivity index (χ3v) is 11.3. The summed E-state index contributed by atoms with van der Waals surface area (Å²) in [6, 6.07) is 8.92. The number of amidine groups is 1. The van der Waals surface area contributed by atoms with E-state index in [1.807, 2.05) is 0 Å². The fraction of sp³-hybridized carbons (Fsp3) is 0.588. The third-order valence-electron chi connectivity index (χ3n) is 3.30. The molecular weight excluding hydrogens is 316 g/mol. The molecule has 0 fully saturated rings. The second-order valence-corrected chi connectivity index (χ2v) is 23.7. The van der Waals surface area contributed by atoms with E-state index in [1.165, 1.54) is 17.0 Å². The second kappa shape index (κ2) is 6.45. The predicted octanol–water partition coefficient (Wildman–Crippen LogP) is 5.55. The fourth-order valence-corrected chi connectivity index (χ4v) is 13.6. The van der Waals surface area contributed by atoms with E-state index in [0.29, 0.717) is 0 Å². The van der Waals surface area contributed by atoms with Crippen LogP contribution in [-0.2, 0) is 0 Å². The molecule has 0 aromatic heterocycles. The van der Waals surface area contributed by atoms with Crippen LogP contribution in [0.5, 0.6) is 0 Å². The summed E-state index contributed by atoms with van der Waals surface area (Å²) in [6.45, 7) is 23.8. The molecule has 0 aliphatic rings. The summed E-state index contributed by atoms with van der Waals surface area (Å²) in [7, 11) is -4.54. The van der Waals surface area contributed by atoms with Gasteiger partial charge in [0, 0.05) is 5.56 Å². The summed E-state index contributed by atoms with van der Waals surface area (Å²) >= 11 is 0. The van der Waals surface area contributed by atoms with E-state index in [4.69, 9.17) is 4.66 Å². The SMILES string of the molecule is Cc1ccc(/C(=N\[Si](C)(C)C)N([Si](C)(C)C)[Si](C)(C)C)cc1. The minimum Gasteiger partial charge on any atom is -0.410 e. The van der Waals surface area contributed by atoms with Gasteiger partial charge in [0.15, 0.2) is 8.24 Å². The van der Waals surface area contributed by atoms with E-state index in [9.17, 15) is 0 Å². The Kier molecular flexibility index (Phi) is 5.69. The molecule has 0 saturated heterocycles. The highest BCUT2D eigenvalue weighted by Gasteiger charge is 2.37. The average molecular weight is 351 g/mol. The molecule has 0 N–H and O–H groups in total. The first kappa shape index (κ1) is 19.4. The lowest BCUT2D eigenvalue weighted by atomic mass is 10.1. The van der Waals surface area contributed by atoms with Crippen molar-refractivity contribution >= 4 is 30.5 Å². The zero-order valence-corrected chi connectivity index (χ0v) is 19.2. The molecule has 1 aromatic rings. The summed E-state index contributed by atoms with van der Waals surface area (Å²) in [5, 5.41) is 0. The van der Waals surface area contributed by atoms with Gasteiger partial charge in [0.25, 0.3) is 0 Å². The molecule has 0 bridgehead atoms. The summed E-state index contributed by atoms with van der Waals surface area (Å²) in [4.78, 5) is 0. The van der Waals surface area contributed by atoms with Gasteiger partial charge in [-0.15, -0.1) is 0 Å². The molecule has 0 heterocycles. The zero-order valence-electron chi connectivity index (χ0n) is 16.2. The molecule has 0 aliphatic heterocycles. The topological polar surface area (TPSA) is 15.6 Å². The maximum Gasteiger partial charge on any atom is 0.174 e. The standard InChI is InChI=1S/C17H34N2Si3/c1-15-11-13-16(14-12-15)17(18-20(2,3)4)19(21(5,6)7)22(8,9)10/h11-14H,1-10H3/b18-17+. The minimum atomic E-state index is -1.55. The first-order valence-corrected chi connectivity index (χ1v) is 18.5. The Bertz CT molecular complexity index is 515. The van der Waals surface area contributed by atoms with Crippen LogP contribution in [0.2, 0.25) is 58.9 Å². The van der Waals surface area contributed by atoms with Crippen molar-refractivity contribution in [2.75, 3.05) is 0 Å². The fourth-order valence-electron chi connectivity index (χ4n) is 2.91. The lowest BCUT2D eigenvalue weighted by molar-refractivity contribution is 0.900. The van der Waals surface area contributed by atoms with Gasteiger partial charge in [0.05, 0.1) is 0 Å². The first-order chi connectivity index (χ1) is 9.72. The number of hydrogen-bond acceptors (Lipinski definition) is 1. The highest BCUT2D eigenvalue weighted by Crippen LogP contribution is 2.25. The molecule has 0 aliphatic carbocycles. The predicted molar refractivity (Wildman–Crippen MR) is 110 cm³/mol. The van der Waals surface area contributed by atoms with Crippen LogP contribution in [0.3, 0.4) is 0 Å². The second-order valence-electron chi connectivity index (χ2n) is 9.15. The zero-order chi connectivity index (χ0) is 17.3. The van der Waals surface area contributed by atoms with Gasteiger partial charge in [-0.3, -0.25) is 0 Å². The number of benzene rings is 1. The van der Waals surface area contributed by atoms with Crippen molar-refractivity contribution in [3.8, 4) is 0 Å². The van der Waals surface area contributed by atoms with Crippen molar-refractivity contribution in [3.05, 3.63) is 35.4 Å². The summed E-state index contributed by atoms with van der Waals surface area (Å²) in [5.74, 6) is 1.26. The Morgan fingerprint density at radius 2 is 1.18 bits per heavy atom. The van der Waals surface area contributed by atoms with Crippen molar-refractivity contribution < 1.29 is 0 Å². The van der Waals surface area contributed by atoms with E-state index in [-0.39, 0.29) is 0 Å². The highest BCUT2D eigenvalue weighted by atomic mass is 28.4. The van der Waals surface area contributed by atoms with E-state index >= 15 is 0 Å². The van der Waals surface area contributed by atoms with Gasteiger partial charge in [0.1, 0.15) is 22.3 Å². The van der Waals surface area contributed by atoms with Crippen LogP contribution < -0.4 is 0 Å². The molecule has 0 spiro atoms. The number of nitrogens with zero attached hydrogens (tertiary/aromatic N) is 2. The van der Waals surface area contributed by atoms with Crippen molar-refractivity contribution in [3.63, 3.8) is 0 Å². The van der Waals surface area contributed by atoms with E-state index in [1.54, 1.807) is 0 Å². The molecule has 5 heteroatoms. The van der Waals surface area contributed by atoms with Gasteiger partial charge in [-0.2, -0.15) is 0 Å². The maximum atomic E-state index is 5.29. The van der Waals surface area contributed by atoms with Crippen LogP contribution in [0.4, 0.5) is 0 Å². The Hall–Kier alpha value is -0.659. The van der Waals surface area contributed by atoms with Crippen LogP contribution in [0, 0.1) is 6.92 Å². The van der Waals surface area contributed by atoms with Crippen LogP contribution in [0.1, 0.15) is 11.1 Å². The van der Waals surface area contributed by atoms with Gasteiger partial charge in [0.2, 0.25) is 0 Å². The molecule has 1 aromatic carbocycles. The largest absolute Gasteiger partial charge is 0.410 e. The summed E-state index contributed by atoms with van der Waals surface area (Å²) < 4.78 is 8.05. The molecule has 1 rings (SSSR count). The molecule has 22 heavy (non-hydrogen) atoms. The van der Waals surface area contributed by atoms with Gasteiger partial charge >= 0.3 is 0 Å². The third kappa shape index (κ3) is 5.52. The van der Waals surface area contributed by atoms with Crippen LogP contribution in [0.15, 0.2) is 28.9 Å². The van der Waals surface area contributed by atoms with Crippen molar-refractivity contribution in [1.82, 2.24) is 4.23 Å². The van der Waals surface area contributed by atoms with E-state index < -0.39 is 24.7 Å². The molecule has 0 amide bonds. The molecule has 0 saturated carbocycles. The Balaban J connectivity index is 3.56. The number of hydrogen-bond donors (Lipinski definition) is 0. The molecule has 0 atom stereocenters. The smallest absolute Gasteiger partial charge is 0.174 e. The lowest BCUT2D eigenvalue weighted by Gasteiger charge is -2.47. The average Bonchev–Trinajstić information content (AvgIpc) is 2.23. The van der Waals surface area contributed by atoms with Gasteiger partial charge < -0.3 is 8.89 Å². The van der Waals surface area contributed by atoms with E-state index in [2.05, 4.69) is 94.3 Å². The molecule has 124 valence electrons. The quantitative estimate of drug-likeness (QED) is 0.395. The van der Waals surface area contributed by atoms with Gasteiger partial charge in [-0.1, -0.05) is 69.1 Å². The molecular formula is C17H34N2Si3. The monoisotopic (exact) mass is 350 g/mol. The van der Waals surface area contributed by atoms with Crippen LogP contribution >= 0.6 is 0 Å². The van der Waals surface area contributed by atoms with Crippen LogP contribution in [-0.4, -0.2) is 34.8 Å². The summed E-state index contributed by atoms with van der Waals surface area (Å²) in [6.07, 6.45) is 0. The van der Waals surface area contributed by atoms with Gasteiger partial charge in [-0.05, 0) is 26.6 Å². The van der Waals surface area contributed by atoms with Crippen molar-refractivity contribution in [1.29, 1.82) is 0 Å². The lowest BCUT2D eigenvalue weighted by Crippen LogP contribution is -2.62. The number of aryl methyl sites for hydroxylation is 1.